The summed E-state index contributed by atoms with van der Waals surface area (Å²) in [6, 6.07) is 6.70. The van der Waals surface area contributed by atoms with Gasteiger partial charge in [0.15, 0.2) is 0 Å². The first-order valence-electron chi connectivity index (χ1n) is 6.22. The van der Waals surface area contributed by atoms with Crippen LogP contribution in [0.2, 0.25) is 0 Å². The van der Waals surface area contributed by atoms with Gasteiger partial charge in [-0.1, -0.05) is 6.07 Å². The van der Waals surface area contributed by atoms with Gasteiger partial charge in [0.2, 0.25) is 10.0 Å². The number of sulfonamides is 1. The van der Waals surface area contributed by atoms with Crippen LogP contribution in [0.5, 0.6) is 0 Å². The highest BCUT2D eigenvalue weighted by Crippen LogP contribution is 2.24. The van der Waals surface area contributed by atoms with Gasteiger partial charge in [-0.25, -0.2) is 13.1 Å². The van der Waals surface area contributed by atoms with E-state index in [1.165, 1.54) is 6.07 Å². The monoisotopic (exact) mass is 328 g/mol. The summed E-state index contributed by atoms with van der Waals surface area (Å²) in [5, 5.41) is 9.20. The van der Waals surface area contributed by atoms with Crippen molar-refractivity contribution in [1.29, 1.82) is 5.26 Å². The van der Waals surface area contributed by atoms with Crippen LogP contribution in [0.25, 0.3) is 0 Å². The van der Waals surface area contributed by atoms with E-state index < -0.39 is 10.0 Å². The van der Waals surface area contributed by atoms with E-state index in [0.717, 1.165) is 17.3 Å². The highest BCUT2D eigenvalue weighted by Gasteiger charge is 2.21. The van der Waals surface area contributed by atoms with E-state index in [1.54, 1.807) is 19.1 Å². The lowest BCUT2D eigenvalue weighted by molar-refractivity contribution is 0.581. The number of rotatable bonds is 4. The topological polar surface area (TPSA) is 70.0 Å². The minimum absolute atomic E-state index is 0.199. The van der Waals surface area contributed by atoms with Crippen LogP contribution in [-0.4, -0.2) is 37.5 Å². The fourth-order valence-electron chi connectivity index (χ4n) is 1.89. The van der Waals surface area contributed by atoms with Crippen LogP contribution in [-0.2, 0) is 10.0 Å². The second-order valence-electron chi connectivity index (χ2n) is 4.51. The van der Waals surface area contributed by atoms with Crippen molar-refractivity contribution in [1.82, 2.24) is 4.72 Å². The Morgan fingerprint density at radius 1 is 1.45 bits per heavy atom. The molecule has 1 aromatic rings. The molecule has 1 N–H and O–H groups in total. The van der Waals surface area contributed by atoms with E-state index >= 15 is 0 Å². The summed E-state index contributed by atoms with van der Waals surface area (Å²) >= 11 is 3.67. The predicted molar refractivity (Wildman–Crippen MR) is 84.7 cm³/mol. The van der Waals surface area contributed by atoms with Crippen molar-refractivity contribution in [3.8, 4) is 6.07 Å². The van der Waals surface area contributed by atoms with E-state index in [-0.39, 0.29) is 4.90 Å². The van der Waals surface area contributed by atoms with Crippen molar-refractivity contribution in [3.63, 3.8) is 0 Å². The molecule has 0 bridgehead atoms. The van der Waals surface area contributed by atoms with Crippen molar-refractivity contribution in [2.75, 3.05) is 23.8 Å². The van der Waals surface area contributed by atoms with Crippen LogP contribution in [0.1, 0.15) is 11.1 Å². The molecule has 1 aliphatic rings. The standard InChI is InChI=1S/C13H16N2O2S3/c1-10-2-3-11(7-14)6-13(10)20(16,17)15-8-12-9-18-4-5-19-12/h2-3,6,12,15H,4-5,8-9H2,1H3. The quantitative estimate of drug-likeness (QED) is 0.915. The predicted octanol–water partition coefficient (Wildman–Crippen LogP) is 1.99. The van der Waals surface area contributed by atoms with Gasteiger partial charge in [0.05, 0.1) is 16.5 Å². The van der Waals surface area contributed by atoms with Crippen LogP contribution < -0.4 is 4.72 Å². The van der Waals surface area contributed by atoms with Crippen LogP contribution >= 0.6 is 23.5 Å². The molecular weight excluding hydrogens is 312 g/mol. The maximum atomic E-state index is 12.3. The lowest BCUT2D eigenvalue weighted by atomic mass is 10.2. The van der Waals surface area contributed by atoms with Crippen LogP contribution in [0, 0.1) is 18.3 Å². The van der Waals surface area contributed by atoms with Gasteiger partial charge in [-0.2, -0.15) is 28.8 Å². The summed E-state index contributed by atoms with van der Waals surface area (Å²) < 4.78 is 27.3. The third kappa shape index (κ3) is 3.92. The number of benzene rings is 1. The van der Waals surface area contributed by atoms with Crippen LogP contribution in [0.4, 0.5) is 0 Å². The highest BCUT2D eigenvalue weighted by molar-refractivity contribution is 8.06. The van der Waals surface area contributed by atoms with Crippen molar-refractivity contribution < 1.29 is 8.42 Å². The second-order valence-corrected chi connectivity index (χ2v) is 8.81. The summed E-state index contributed by atoms with van der Waals surface area (Å²) in [7, 11) is -3.55. The van der Waals surface area contributed by atoms with E-state index in [2.05, 4.69) is 4.72 Å². The van der Waals surface area contributed by atoms with Gasteiger partial charge in [0.25, 0.3) is 0 Å². The fourth-order valence-corrected chi connectivity index (χ4v) is 5.96. The van der Waals surface area contributed by atoms with Gasteiger partial charge in [0.1, 0.15) is 0 Å². The molecule has 0 saturated carbocycles. The van der Waals surface area contributed by atoms with E-state index in [4.69, 9.17) is 5.26 Å². The second kappa shape index (κ2) is 6.85. The van der Waals surface area contributed by atoms with E-state index in [9.17, 15) is 8.42 Å². The Morgan fingerprint density at radius 2 is 2.25 bits per heavy atom. The number of hydrogen-bond acceptors (Lipinski definition) is 5. The molecule has 1 heterocycles. The molecule has 1 fully saturated rings. The Bertz CT molecular complexity index is 617. The Morgan fingerprint density at radius 3 is 2.90 bits per heavy atom. The van der Waals surface area contributed by atoms with Crippen molar-refractivity contribution in [2.24, 2.45) is 0 Å². The van der Waals surface area contributed by atoms with Gasteiger partial charge in [-0.15, -0.1) is 0 Å². The molecule has 4 nitrogen and oxygen atoms in total. The molecule has 1 unspecified atom stereocenters. The number of aryl methyl sites for hydroxylation is 1. The molecule has 0 aliphatic carbocycles. The molecule has 20 heavy (non-hydrogen) atoms. The molecule has 2 rings (SSSR count). The summed E-state index contributed by atoms with van der Waals surface area (Å²) in [5.41, 5.74) is 1.01. The highest BCUT2D eigenvalue weighted by atomic mass is 32.2. The van der Waals surface area contributed by atoms with Crippen LogP contribution in [0.15, 0.2) is 23.1 Å². The zero-order valence-electron chi connectivity index (χ0n) is 11.1. The van der Waals surface area contributed by atoms with Gasteiger partial charge in [0, 0.05) is 29.1 Å². The number of thioether (sulfide) groups is 2. The van der Waals surface area contributed by atoms with Gasteiger partial charge >= 0.3 is 0 Å². The zero-order chi connectivity index (χ0) is 14.6. The van der Waals surface area contributed by atoms with Crippen molar-refractivity contribution in [3.05, 3.63) is 29.3 Å². The molecule has 108 valence electrons. The summed E-state index contributed by atoms with van der Waals surface area (Å²) in [6.45, 7) is 2.18. The molecule has 0 radical (unpaired) electrons. The normalized spacial score (nSPS) is 19.5. The smallest absolute Gasteiger partial charge is 0.210 e. The maximum absolute atomic E-state index is 12.3. The number of nitriles is 1. The molecule has 1 aliphatic heterocycles. The molecule has 7 heteroatoms. The Kier molecular flexibility index (Phi) is 5.38. The van der Waals surface area contributed by atoms with E-state index in [0.29, 0.717) is 22.9 Å². The van der Waals surface area contributed by atoms with Crippen molar-refractivity contribution in [2.45, 2.75) is 17.1 Å². The molecular formula is C13H16N2O2S3. The van der Waals surface area contributed by atoms with Gasteiger partial charge < -0.3 is 0 Å². The first kappa shape index (κ1) is 15.7. The minimum atomic E-state index is -3.55. The first-order chi connectivity index (χ1) is 9.53. The van der Waals surface area contributed by atoms with Gasteiger partial charge in [-0.05, 0) is 24.6 Å². The fraction of sp³-hybridized carbons (Fsp3) is 0.462. The molecule has 1 saturated heterocycles. The molecule has 0 spiro atoms. The molecule has 0 aromatic heterocycles. The Hall–Kier alpha value is -0.680. The molecule has 0 amide bonds. The third-order valence-electron chi connectivity index (χ3n) is 2.99. The Balaban J connectivity index is 2.11. The first-order valence-corrected chi connectivity index (χ1v) is 9.91. The summed E-state index contributed by atoms with van der Waals surface area (Å²) in [6.07, 6.45) is 0. The molecule has 1 atom stereocenters. The number of hydrogen-bond donors (Lipinski definition) is 1. The summed E-state index contributed by atoms with van der Waals surface area (Å²) in [5.74, 6) is 3.18. The summed E-state index contributed by atoms with van der Waals surface area (Å²) in [4.78, 5) is 0.199. The Labute approximate surface area is 128 Å². The third-order valence-corrected chi connectivity index (χ3v) is 7.40. The average molecular weight is 328 g/mol. The average Bonchev–Trinajstić information content (AvgIpc) is 2.47. The number of nitrogens with zero attached hydrogens (tertiary/aromatic N) is 1. The number of nitrogens with one attached hydrogen (secondary N) is 1. The minimum Gasteiger partial charge on any atom is -0.210 e. The molecule has 1 aromatic carbocycles. The lowest BCUT2D eigenvalue weighted by Gasteiger charge is -2.21. The lowest BCUT2D eigenvalue weighted by Crippen LogP contribution is -2.33. The maximum Gasteiger partial charge on any atom is 0.240 e. The van der Waals surface area contributed by atoms with Gasteiger partial charge in [-0.3, -0.25) is 0 Å². The zero-order valence-corrected chi connectivity index (χ0v) is 13.6. The SMILES string of the molecule is Cc1ccc(C#N)cc1S(=O)(=O)NCC1CSCCS1. The van der Waals surface area contributed by atoms with Crippen molar-refractivity contribution >= 4 is 33.5 Å². The largest absolute Gasteiger partial charge is 0.240 e. The van der Waals surface area contributed by atoms with Crippen LogP contribution in [0.3, 0.4) is 0 Å². The van der Waals surface area contributed by atoms with E-state index in [1.807, 2.05) is 29.6 Å².